The van der Waals surface area contributed by atoms with Crippen molar-refractivity contribution in [3.63, 3.8) is 0 Å². The summed E-state index contributed by atoms with van der Waals surface area (Å²) in [7, 11) is 0. The van der Waals surface area contributed by atoms with Crippen LogP contribution in [0.3, 0.4) is 0 Å². The number of nitrogens with one attached hydrogen (secondary N) is 1. The van der Waals surface area contributed by atoms with Crippen LogP contribution in [0.15, 0.2) is 53.9 Å². The van der Waals surface area contributed by atoms with Gasteiger partial charge in [0.25, 0.3) is 5.91 Å². The third-order valence-electron chi connectivity index (χ3n) is 3.47. The van der Waals surface area contributed by atoms with Crippen LogP contribution in [0.5, 0.6) is 11.5 Å². The molecule has 146 valence electrons. The standard InChI is InChI=1S/C19H15F3N2O3S/c1-12-23-15(11-28-12)10-26-16-6-2-4-13(8-16)18(25)24-14-5-3-7-17(9-14)27-19(20,21)22/h2-9,11H,10H2,1H3,(H,24,25). The molecule has 1 heterocycles. The lowest BCUT2D eigenvalue weighted by Gasteiger charge is -2.11. The molecule has 0 bridgehead atoms. The zero-order valence-corrected chi connectivity index (χ0v) is 15.4. The smallest absolute Gasteiger partial charge is 0.487 e. The van der Waals surface area contributed by atoms with Gasteiger partial charge in [-0.15, -0.1) is 24.5 Å². The van der Waals surface area contributed by atoms with Crippen LogP contribution in [0, 0.1) is 6.92 Å². The molecule has 28 heavy (non-hydrogen) atoms. The first-order valence-corrected chi connectivity index (χ1v) is 8.97. The molecule has 0 spiro atoms. The fourth-order valence-electron chi connectivity index (χ4n) is 2.33. The van der Waals surface area contributed by atoms with Gasteiger partial charge in [0.1, 0.15) is 18.1 Å². The van der Waals surface area contributed by atoms with E-state index in [0.717, 1.165) is 22.8 Å². The molecule has 3 aromatic rings. The van der Waals surface area contributed by atoms with Crippen molar-refractivity contribution in [1.29, 1.82) is 0 Å². The third kappa shape index (κ3) is 5.71. The van der Waals surface area contributed by atoms with E-state index in [2.05, 4.69) is 15.0 Å². The molecule has 1 N–H and O–H groups in total. The number of anilines is 1. The Morgan fingerprint density at radius 3 is 2.61 bits per heavy atom. The lowest BCUT2D eigenvalue weighted by molar-refractivity contribution is -0.274. The van der Waals surface area contributed by atoms with Crippen molar-refractivity contribution in [3.8, 4) is 11.5 Å². The van der Waals surface area contributed by atoms with Gasteiger partial charge in [0.2, 0.25) is 0 Å². The van der Waals surface area contributed by atoms with Crippen LogP contribution in [0.4, 0.5) is 18.9 Å². The third-order valence-corrected chi connectivity index (χ3v) is 4.30. The summed E-state index contributed by atoms with van der Waals surface area (Å²) in [6, 6.07) is 11.5. The summed E-state index contributed by atoms with van der Waals surface area (Å²) in [5.41, 5.74) is 1.27. The normalized spacial score (nSPS) is 11.1. The van der Waals surface area contributed by atoms with Gasteiger partial charge in [0, 0.05) is 22.7 Å². The number of aryl methyl sites for hydroxylation is 1. The number of hydrogen-bond acceptors (Lipinski definition) is 5. The van der Waals surface area contributed by atoms with Gasteiger partial charge >= 0.3 is 6.36 Å². The average Bonchev–Trinajstić information content (AvgIpc) is 3.04. The molecule has 0 saturated carbocycles. The molecular weight excluding hydrogens is 393 g/mol. The van der Waals surface area contributed by atoms with Crippen molar-refractivity contribution in [2.45, 2.75) is 19.9 Å². The molecule has 0 aliphatic heterocycles. The maximum atomic E-state index is 12.4. The summed E-state index contributed by atoms with van der Waals surface area (Å²) in [5.74, 6) is -0.424. The molecule has 0 atom stereocenters. The number of amides is 1. The van der Waals surface area contributed by atoms with Crippen LogP contribution in [0.2, 0.25) is 0 Å². The number of alkyl halides is 3. The van der Waals surface area contributed by atoms with Crippen molar-refractivity contribution in [3.05, 3.63) is 70.2 Å². The molecule has 1 amide bonds. The van der Waals surface area contributed by atoms with Crippen molar-refractivity contribution >= 4 is 22.9 Å². The lowest BCUT2D eigenvalue weighted by atomic mass is 10.2. The zero-order chi connectivity index (χ0) is 20.1. The van der Waals surface area contributed by atoms with E-state index in [1.807, 2.05) is 12.3 Å². The van der Waals surface area contributed by atoms with E-state index in [9.17, 15) is 18.0 Å². The molecule has 3 rings (SSSR count). The Labute approximate surface area is 162 Å². The van der Waals surface area contributed by atoms with Gasteiger partial charge in [-0.05, 0) is 37.3 Å². The summed E-state index contributed by atoms with van der Waals surface area (Å²) in [5, 5.41) is 5.36. The van der Waals surface area contributed by atoms with Crippen molar-refractivity contribution in [2.75, 3.05) is 5.32 Å². The molecular formula is C19H15F3N2O3S. The van der Waals surface area contributed by atoms with Crippen molar-refractivity contribution < 1.29 is 27.4 Å². The Kier molecular flexibility index (Phi) is 5.84. The molecule has 1 aromatic heterocycles. The minimum absolute atomic E-state index is 0.177. The van der Waals surface area contributed by atoms with Gasteiger partial charge < -0.3 is 14.8 Å². The van der Waals surface area contributed by atoms with E-state index in [1.165, 1.54) is 23.5 Å². The molecule has 0 aliphatic rings. The zero-order valence-electron chi connectivity index (χ0n) is 14.6. The lowest BCUT2D eigenvalue weighted by Crippen LogP contribution is -2.17. The Morgan fingerprint density at radius 2 is 1.89 bits per heavy atom. The number of halogens is 3. The number of benzene rings is 2. The number of aromatic nitrogens is 1. The molecule has 0 unspecified atom stereocenters. The second-order valence-corrected chi connectivity index (χ2v) is 6.77. The minimum Gasteiger partial charge on any atom is -0.487 e. The van der Waals surface area contributed by atoms with Crippen LogP contribution in [0.1, 0.15) is 21.1 Å². The van der Waals surface area contributed by atoms with Crippen molar-refractivity contribution in [1.82, 2.24) is 4.98 Å². The predicted molar refractivity (Wildman–Crippen MR) is 98.7 cm³/mol. The Bertz CT molecular complexity index is 973. The first-order chi connectivity index (χ1) is 13.3. The van der Waals surface area contributed by atoms with Crippen LogP contribution >= 0.6 is 11.3 Å². The van der Waals surface area contributed by atoms with Crippen molar-refractivity contribution in [2.24, 2.45) is 0 Å². The number of thiazole rings is 1. The first-order valence-electron chi connectivity index (χ1n) is 8.09. The predicted octanol–water partition coefficient (Wildman–Crippen LogP) is 5.18. The van der Waals surface area contributed by atoms with E-state index in [-0.39, 0.29) is 12.3 Å². The van der Waals surface area contributed by atoms with Gasteiger partial charge in [0.15, 0.2) is 0 Å². The Hall–Kier alpha value is -3.07. The summed E-state index contributed by atoms with van der Waals surface area (Å²) in [6.45, 7) is 2.17. The van der Waals surface area contributed by atoms with E-state index in [1.54, 1.807) is 24.3 Å². The van der Waals surface area contributed by atoms with Gasteiger partial charge in [-0.2, -0.15) is 0 Å². The van der Waals surface area contributed by atoms with E-state index in [0.29, 0.717) is 11.3 Å². The Balaban J connectivity index is 1.65. The molecule has 5 nitrogen and oxygen atoms in total. The molecule has 0 saturated heterocycles. The maximum absolute atomic E-state index is 12.4. The highest BCUT2D eigenvalue weighted by Gasteiger charge is 2.31. The largest absolute Gasteiger partial charge is 0.573 e. The fourth-order valence-corrected chi connectivity index (χ4v) is 2.93. The summed E-state index contributed by atoms with van der Waals surface area (Å²) in [6.07, 6.45) is -4.80. The fraction of sp³-hybridized carbons (Fsp3) is 0.158. The van der Waals surface area contributed by atoms with Crippen LogP contribution in [-0.4, -0.2) is 17.3 Å². The Morgan fingerprint density at radius 1 is 1.14 bits per heavy atom. The first kappa shape index (κ1) is 19.7. The average molecular weight is 408 g/mol. The topological polar surface area (TPSA) is 60.5 Å². The number of carbonyl (C=O) groups excluding carboxylic acids is 1. The summed E-state index contributed by atoms with van der Waals surface area (Å²) < 4.78 is 46.4. The number of ether oxygens (including phenoxy) is 2. The van der Waals surface area contributed by atoms with Crippen LogP contribution < -0.4 is 14.8 Å². The van der Waals surface area contributed by atoms with Gasteiger partial charge in [-0.25, -0.2) is 4.98 Å². The number of rotatable bonds is 6. The molecule has 9 heteroatoms. The summed E-state index contributed by atoms with van der Waals surface area (Å²) >= 11 is 1.52. The molecule has 0 fully saturated rings. The maximum Gasteiger partial charge on any atom is 0.573 e. The SMILES string of the molecule is Cc1nc(COc2cccc(C(=O)Nc3cccc(OC(F)(F)F)c3)c2)cs1. The number of carbonyl (C=O) groups is 1. The quantitative estimate of drug-likeness (QED) is 0.610. The van der Waals surface area contributed by atoms with E-state index >= 15 is 0 Å². The second-order valence-electron chi connectivity index (χ2n) is 5.70. The monoisotopic (exact) mass is 408 g/mol. The highest BCUT2D eigenvalue weighted by atomic mass is 32.1. The minimum atomic E-state index is -4.80. The van der Waals surface area contributed by atoms with Crippen LogP contribution in [-0.2, 0) is 6.61 Å². The van der Waals surface area contributed by atoms with E-state index < -0.39 is 18.0 Å². The highest BCUT2D eigenvalue weighted by Crippen LogP contribution is 2.25. The number of hydrogen-bond donors (Lipinski definition) is 1. The van der Waals surface area contributed by atoms with Gasteiger partial charge in [-0.3, -0.25) is 4.79 Å². The molecule has 2 aromatic carbocycles. The van der Waals surface area contributed by atoms with E-state index in [4.69, 9.17) is 4.74 Å². The summed E-state index contributed by atoms with van der Waals surface area (Å²) in [4.78, 5) is 16.7. The van der Waals surface area contributed by atoms with Gasteiger partial charge in [-0.1, -0.05) is 12.1 Å². The second kappa shape index (κ2) is 8.30. The van der Waals surface area contributed by atoms with Crippen LogP contribution in [0.25, 0.3) is 0 Å². The highest BCUT2D eigenvalue weighted by molar-refractivity contribution is 7.09. The molecule has 0 aliphatic carbocycles. The number of nitrogens with zero attached hydrogens (tertiary/aromatic N) is 1. The molecule has 0 radical (unpaired) electrons. The van der Waals surface area contributed by atoms with Gasteiger partial charge in [0.05, 0.1) is 10.7 Å².